The van der Waals surface area contributed by atoms with Gasteiger partial charge in [0.2, 0.25) is 0 Å². The van der Waals surface area contributed by atoms with E-state index in [0.717, 1.165) is 6.42 Å². The van der Waals surface area contributed by atoms with Gasteiger partial charge in [0, 0.05) is 0 Å². The van der Waals surface area contributed by atoms with E-state index in [1.807, 2.05) is 13.0 Å². The summed E-state index contributed by atoms with van der Waals surface area (Å²) in [4.78, 5) is 0. The number of benzene rings is 1. The molecule has 0 unspecified atom stereocenters. The maximum atomic E-state index is 2.16. The lowest BCUT2D eigenvalue weighted by molar-refractivity contribution is 1.22. The van der Waals surface area contributed by atoms with Gasteiger partial charge in [-0.3, -0.25) is 0 Å². The molecule has 0 amide bonds. The molecule has 78 valence electrons. The molecule has 1 aromatic carbocycles. The van der Waals surface area contributed by atoms with Crippen LogP contribution in [0.5, 0.6) is 0 Å². The van der Waals surface area contributed by atoms with Crippen LogP contribution in [0.1, 0.15) is 25.8 Å². The van der Waals surface area contributed by atoms with Gasteiger partial charge in [0.15, 0.2) is 0 Å². The van der Waals surface area contributed by atoms with Gasteiger partial charge < -0.3 is 0 Å². The average Bonchev–Trinajstić information content (AvgIpc) is 2.29. The van der Waals surface area contributed by atoms with E-state index < -0.39 is 0 Å². The minimum absolute atomic E-state index is 1.08. The Morgan fingerprint density at radius 3 is 2.53 bits per heavy atom. The summed E-state index contributed by atoms with van der Waals surface area (Å²) in [6, 6.07) is 10.4. The molecule has 0 saturated heterocycles. The summed E-state index contributed by atoms with van der Waals surface area (Å²) in [6.45, 7) is 4.18. The van der Waals surface area contributed by atoms with Crippen molar-refractivity contribution in [3.63, 3.8) is 0 Å². The van der Waals surface area contributed by atoms with Crippen molar-refractivity contribution in [1.29, 1.82) is 0 Å². The van der Waals surface area contributed by atoms with Crippen molar-refractivity contribution in [3.05, 3.63) is 66.3 Å². The number of rotatable bonds is 4. The molecule has 0 aromatic heterocycles. The van der Waals surface area contributed by atoms with Gasteiger partial charge in [-0.25, -0.2) is 0 Å². The molecule has 0 spiro atoms. The SMILES string of the molecule is C\C=C/C(=C\C=C\CC)c1ccccc1. The van der Waals surface area contributed by atoms with E-state index in [2.05, 4.69) is 61.6 Å². The van der Waals surface area contributed by atoms with E-state index in [9.17, 15) is 0 Å². The molecule has 1 aromatic rings. The lowest BCUT2D eigenvalue weighted by Gasteiger charge is -2.00. The molecule has 0 atom stereocenters. The van der Waals surface area contributed by atoms with Crippen molar-refractivity contribution in [1.82, 2.24) is 0 Å². The van der Waals surface area contributed by atoms with Crippen LogP contribution >= 0.6 is 0 Å². The molecule has 0 bridgehead atoms. The molecule has 0 nitrogen and oxygen atoms in total. The normalized spacial score (nSPS) is 12.8. The van der Waals surface area contributed by atoms with Crippen molar-refractivity contribution in [3.8, 4) is 0 Å². The Labute approximate surface area is 92.6 Å². The van der Waals surface area contributed by atoms with Crippen LogP contribution in [0.2, 0.25) is 0 Å². The molecule has 0 heteroatoms. The van der Waals surface area contributed by atoms with Crippen molar-refractivity contribution in [2.45, 2.75) is 20.3 Å². The topological polar surface area (TPSA) is 0 Å². The fraction of sp³-hybridized carbons (Fsp3) is 0.200. The summed E-state index contributed by atoms with van der Waals surface area (Å²) in [6.07, 6.45) is 11.7. The van der Waals surface area contributed by atoms with Gasteiger partial charge in [-0.2, -0.15) is 0 Å². The first-order valence-corrected chi connectivity index (χ1v) is 5.43. The zero-order chi connectivity index (χ0) is 10.9. The van der Waals surface area contributed by atoms with E-state index in [4.69, 9.17) is 0 Å². The second-order valence-corrected chi connectivity index (χ2v) is 3.32. The summed E-state index contributed by atoms with van der Waals surface area (Å²) in [7, 11) is 0. The molecular formula is C15H18. The van der Waals surface area contributed by atoms with Crippen LogP contribution in [0.25, 0.3) is 5.57 Å². The molecule has 0 N–H and O–H groups in total. The fourth-order valence-corrected chi connectivity index (χ4v) is 1.37. The highest BCUT2D eigenvalue weighted by atomic mass is 14.0. The summed E-state index contributed by atoms with van der Waals surface area (Å²) >= 11 is 0. The van der Waals surface area contributed by atoms with Crippen LogP contribution in [0.15, 0.2) is 60.7 Å². The molecule has 0 saturated carbocycles. The van der Waals surface area contributed by atoms with Crippen molar-refractivity contribution in [2.24, 2.45) is 0 Å². The highest BCUT2D eigenvalue weighted by molar-refractivity contribution is 5.74. The van der Waals surface area contributed by atoms with Crippen molar-refractivity contribution < 1.29 is 0 Å². The second-order valence-electron chi connectivity index (χ2n) is 3.32. The van der Waals surface area contributed by atoms with Gasteiger partial charge in [-0.05, 0) is 24.5 Å². The predicted molar refractivity (Wildman–Crippen MR) is 68.7 cm³/mol. The number of allylic oxidation sites excluding steroid dienone is 6. The van der Waals surface area contributed by atoms with Gasteiger partial charge in [0.1, 0.15) is 0 Å². The Morgan fingerprint density at radius 1 is 1.20 bits per heavy atom. The fourth-order valence-electron chi connectivity index (χ4n) is 1.37. The number of hydrogen-bond acceptors (Lipinski definition) is 0. The third kappa shape index (κ3) is 3.99. The Bertz CT molecular complexity index is 353. The van der Waals surface area contributed by atoms with E-state index >= 15 is 0 Å². The molecule has 0 fully saturated rings. The molecule has 0 heterocycles. The molecule has 1 rings (SSSR count). The summed E-state index contributed by atoms with van der Waals surface area (Å²) in [5.74, 6) is 0. The quantitative estimate of drug-likeness (QED) is 0.620. The van der Waals surface area contributed by atoms with Crippen LogP contribution in [0, 0.1) is 0 Å². The third-order valence-corrected chi connectivity index (χ3v) is 2.10. The lowest BCUT2D eigenvalue weighted by Crippen LogP contribution is -1.78. The smallest absolute Gasteiger partial charge is 0.0184 e. The first kappa shape index (κ1) is 11.5. The molecule has 0 aliphatic heterocycles. The summed E-state index contributed by atoms with van der Waals surface area (Å²) in [5.41, 5.74) is 2.51. The maximum absolute atomic E-state index is 2.16. The summed E-state index contributed by atoms with van der Waals surface area (Å²) in [5, 5.41) is 0. The molecule has 15 heavy (non-hydrogen) atoms. The standard InChI is InChI=1S/C15H18/c1-3-5-7-11-14(10-4-2)15-12-8-6-9-13-15/h4-13H,3H2,1-2H3/b7-5+,10-4-,14-11+. The van der Waals surface area contributed by atoms with Gasteiger partial charge in [0.25, 0.3) is 0 Å². The molecule has 0 aliphatic rings. The van der Waals surface area contributed by atoms with Crippen molar-refractivity contribution >= 4 is 5.57 Å². The first-order valence-electron chi connectivity index (χ1n) is 5.43. The zero-order valence-electron chi connectivity index (χ0n) is 9.48. The monoisotopic (exact) mass is 198 g/mol. The minimum Gasteiger partial charge on any atom is -0.0870 e. The molecule has 0 aliphatic carbocycles. The predicted octanol–water partition coefficient (Wildman–Crippen LogP) is 4.61. The van der Waals surface area contributed by atoms with E-state index in [1.165, 1.54) is 11.1 Å². The Balaban J connectivity index is 2.93. The van der Waals surface area contributed by atoms with Gasteiger partial charge in [0.05, 0.1) is 0 Å². The van der Waals surface area contributed by atoms with Crippen LogP contribution in [-0.4, -0.2) is 0 Å². The highest BCUT2D eigenvalue weighted by Gasteiger charge is 1.93. The minimum atomic E-state index is 1.08. The van der Waals surface area contributed by atoms with Crippen LogP contribution in [-0.2, 0) is 0 Å². The number of hydrogen-bond donors (Lipinski definition) is 0. The second kappa shape index (κ2) is 6.83. The Hall–Kier alpha value is -1.56. The van der Waals surface area contributed by atoms with Crippen LogP contribution in [0.3, 0.4) is 0 Å². The van der Waals surface area contributed by atoms with Crippen LogP contribution < -0.4 is 0 Å². The molecule has 0 radical (unpaired) electrons. The summed E-state index contributed by atoms with van der Waals surface area (Å²) < 4.78 is 0. The van der Waals surface area contributed by atoms with Gasteiger partial charge >= 0.3 is 0 Å². The van der Waals surface area contributed by atoms with Crippen molar-refractivity contribution in [2.75, 3.05) is 0 Å². The first-order chi connectivity index (χ1) is 7.38. The zero-order valence-corrected chi connectivity index (χ0v) is 9.48. The highest BCUT2D eigenvalue weighted by Crippen LogP contribution is 2.15. The Morgan fingerprint density at radius 2 is 1.93 bits per heavy atom. The largest absolute Gasteiger partial charge is 0.0870 e. The maximum Gasteiger partial charge on any atom is -0.0184 e. The van der Waals surface area contributed by atoms with Crippen LogP contribution in [0.4, 0.5) is 0 Å². The van der Waals surface area contributed by atoms with E-state index in [0.29, 0.717) is 0 Å². The van der Waals surface area contributed by atoms with Gasteiger partial charge in [-0.1, -0.05) is 67.6 Å². The van der Waals surface area contributed by atoms with E-state index in [1.54, 1.807) is 0 Å². The van der Waals surface area contributed by atoms with E-state index in [-0.39, 0.29) is 0 Å². The lowest BCUT2D eigenvalue weighted by atomic mass is 10.1. The third-order valence-electron chi connectivity index (χ3n) is 2.10. The molecular weight excluding hydrogens is 180 g/mol. The van der Waals surface area contributed by atoms with Gasteiger partial charge in [-0.15, -0.1) is 0 Å². The average molecular weight is 198 g/mol. The Kier molecular flexibility index (Phi) is 5.24.